The van der Waals surface area contributed by atoms with Gasteiger partial charge in [-0.05, 0) is 32.2 Å². The second-order valence-electron chi connectivity index (χ2n) is 4.58. The third kappa shape index (κ3) is 4.63. The van der Waals surface area contributed by atoms with Crippen molar-refractivity contribution in [3.05, 3.63) is 0 Å². The van der Waals surface area contributed by atoms with Crippen LogP contribution >= 0.6 is 0 Å². The van der Waals surface area contributed by atoms with E-state index in [1.54, 1.807) is 0 Å². The molecule has 1 rings (SSSR count). The molecule has 0 amide bonds. The van der Waals surface area contributed by atoms with Gasteiger partial charge in [0.1, 0.15) is 0 Å². The van der Waals surface area contributed by atoms with Crippen LogP contribution in [0.5, 0.6) is 0 Å². The predicted octanol–water partition coefficient (Wildman–Crippen LogP) is 2.14. The van der Waals surface area contributed by atoms with Gasteiger partial charge in [-0.25, -0.2) is 0 Å². The minimum Gasteiger partial charge on any atom is -0.377 e. The summed E-state index contributed by atoms with van der Waals surface area (Å²) in [4.78, 5) is 2.34. The molecule has 1 unspecified atom stereocenters. The van der Waals surface area contributed by atoms with Crippen molar-refractivity contribution in [1.82, 2.24) is 4.90 Å². The lowest BCUT2D eigenvalue weighted by atomic mass is 10.1. The van der Waals surface area contributed by atoms with E-state index in [1.807, 2.05) is 0 Å². The lowest BCUT2D eigenvalue weighted by Gasteiger charge is -2.12. The fraction of sp³-hybridized carbons (Fsp3) is 1.00. The fourth-order valence-corrected chi connectivity index (χ4v) is 1.77. The summed E-state index contributed by atoms with van der Waals surface area (Å²) in [5, 5.41) is 0. The first kappa shape index (κ1) is 11.0. The summed E-state index contributed by atoms with van der Waals surface area (Å²) >= 11 is 0. The van der Waals surface area contributed by atoms with Crippen LogP contribution in [-0.2, 0) is 4.74 Å². The van der Waals surface area contributed by atoms with E-state index in [2.05, 4.69) is 25.8 Å². The molecule has 2 heteroatoms. The molecule has 0 spiro atoms. The first-order valence-corrected chi connectivity index (χ1v) is 5.48. The van der Waals surface area contributed by atoms with E-state index >= 15 is 0 Å². The average Bonchev–Trinajstić information content (AvgIpc) is 2.45. The van der Waals surface area contributed by atoms with Gasteiger partial charge < -0.3 is 9.64 Å². The normalized spacial score (nSPS) is 24.5. The number of ether oxygens (including phenoxy) is 1. The second-order valence-corrected chi connectivity index (χ2v) is 4.58. The Balaban J connectivity index is 1.94. The molecule has 0 aromatic rings. The number of nitrogens with zero attached hydrogens (tertiary/aromatic N) is 1. The Morgan fingerprint density at radius 1 is 1.46 bits per heavy atom. The van der Waals surface area contributed by atoms with Gasteiger partial charge in [-0.2, -0.15) is 0 Å². The van der Waals surface area contributed by atoms with Gasteiger partial charge in [-0.1, -0.05) is 13.8 Å². The van der Waals surface area contributed by atoms with Crippen LogP contribution in [0.4, 0.5) is 0 Å². The first-order valence-electron chi connectivity index (χ1n) is 5.48. The van der Waals surface area contributed by atoms with Crippen LogP contribution in [0.25, 0.3) is 0 Å². The molecule has 0 aromatic heterocycles. The zero-order valence-corrected chi connectivity index (χ0v) is 9.25. The van der Waals surface area contributed by atoms with Crippen LogP contribution in [0.2, 0.25) is 0 Å². The molecular formula is C11H23NO. The highest BCUT2D eigenvalue weighted by Gasteiger charge is 2.19. The monoisotopic (exact) mass is 185 g/mol. The summed E-state index contributed by atoms with van der Waals surface area (Å²) in [6.45, 7) is 7.82. The Bertz CT molecular complexity index is 136. The molecule has 1 fully saturated rings. The number of likely N-dealkylation sites (N-methyl/N-ethyl adjacent to an activating group) is 1. The number of hydrogen-bond donors (Lipinski definition) is 0. The highest BCUT2D eigenvalue weighted by Crippen LogP contribution is 2.11. The van der Waals surface area contributed by atoms with Gasteiger partial charge >= 0.3 is 0 Å². The molecule has 0 N–H and O–H groups in total. The first-order chi connectivity index (χ1) is 6.18. The van der Waals surface area contributed by atoms with Crippen LogP contribution in [0.15, 0.2) is 0 Å². The summed E-state index contributed by atoms with van der Waals surface area (Å²) in [6.07, 6.45) is 4.25. The maximum Gasteiger partial charge on any atom is 0.0714 e. The SMILES string of the molecule is CC(C)CCCOC1CCN(C)C1. The molecular weight excluding hydrogens is 162 g/mol. The zero-order valence-electron chi connectivity index (χ0n) is 9.25. The van der Waals surface area contributed by atoms with E-state index in [4.69, 9.17) is 4.74 Å². The van der Waals surface area contributed by atoms with Crippen molar-refractivity contribution < 1.29 is 4.74 Å². The third-order valence-corrected chi connectivity index (χ3v) is 2.63. The van der Waals surface area contributed by atoms with E-state index < -0.39 is 0 Å². The zero-order chi connectivity index (χ0) is 9.68. The standard InChI is InChI=1S/C11H23NO/c1-10(2)5-4-8-13-11-6-7-12(3)9-11/h10-11H,4-9H2,1-3H3. The van der Waals surface area contributed by atoms with Gasteiger partial charge in [0.25, 0.3) is 0 Å². The Labute approximate surface area is 82.3 Å². The Hall–Kier alpha value is -0.0800. The predicted molar refractivity (Wildman–Crippen MR) is 55.9 cm³/mol. The summed E-state index contributed by atoms with van der Waals surface area (Å²) < 4.78 is 5.78. The Morgan fingerprint density at radius 2 is 2.23 bits per heavy atom. The van der Waals surface area contributed by atoms with Gasteiger partial charge in [-0.3, -0.25) is 0 Å². The lowest BCUT2D eigenvalue weighted by Crippen LogP contribution is -2.19. The van der Waals surface area contributed by atoms with Crippen molar-refractivity contribution in [3.8, 4) is 0 Å². The van der Waals surface area contributed by atoms with Crippen LogP contribution in [0, 0.1) is 5.92 Å². The van der Waals surface area contributed by atoms with E-state index in [1.165, 1.54) is 25.8 Å². The molecule has 13 heavy (non-hydrogen) atoms. The summed E-state index contributed by atoms with van der Waals surface area (Å²) in [5.41, 5.74) is 0. The van der Waals surface area contributed by atoms with Crippen LogP contribution in [-0.4, -0.2) is 37.7 Å². The molecule has 0 bridgehead atoms. The smallest absolute Gasteiger partial charge is 0.0714 e. The third-order valence-electron chi connectivity index (χ3n) is 2.63. The van der Waals surface area contributed by atoms with Crippen molar-refractivity contribution >= 4 is 0 Å². The quantitative estimate of drug-likeness (QED) is 0.608. The minimum atomic E-state index is 0.511. The molecule has 0 saturated carbocycles. The molecule has 1 aliphatic heterocycles. The van der Waals surface area contributed by atoms with E-state index in [9.17, 15) is 0 Å². The molecule has 1 aliphatic rings. The molecule has 1 saturated heterocycles. The van der Waals surface area contributed by atoms with E-state index in [-0.39, 0.29) is 0 Å². The molecule has 0 aliphatic carbocycles. The largest absolute Gasteiger partial charge is 0.377 e. The summed E-state index contributed by atoms with van der Waals surface area (Å²) in [6, 6.07) is 0. The highest BCUT2D eigenvalue weighted by molar-refractivity contribution is 4.72. The van der Waals surface area contributed by atoms with Crippen LogP contribution in [0.3, 0.4) is 0 Å². The second kappa shape index (κ2) is 5.61. The lowest BCUT2D eigenvalue weighted by molar-refractivity contribution is 0.0570. The minimum absolute atomic E-state index is 0.511. The van der Waals surface area contributed by atoms with Crippen LogP contribution < -0.4 is 0 Å². The number of hydrogen-bond acceptors (Lipinski definition) is 2. The topological polar surface area (TPSA) is 12.5 Å². The molecule has 0 radical (unpaired) electrons. The van der Waals surface area contributed by atoms with Crippen LogP contribution in [0.1, 0.15) is 33.1 Å². The van der Waals surface area contributed by atoms with E-state index in [0.29, 0.717) is 6.10 Å². The number of rotatable bonds is 5. The summed E-state index contributed by atoms with van der Waals surface area (Å²) in [5.74, 6) is 0.815. The van der Waals surface area contributed by atoms with Crippen molar-refractivity contribution in [2.24, 2.45) is 5.92 Å². The Morgan fingerprint density at radius 3 is 2.77 bits per heavy atom. The Kier molecular flexibility index (Phi) is 4.74. The highest BCUT2D eigenvalue weighted by atomic mass is 16.5. The maximum atomic E-state index is 5.78. The maximum absolute atomic E-state index is 5.78. The van der Waals surface area contributed by atoms with Gasteiger partial charge in [0, 0.05) is 19.7 Å². The van der Waals surface area contributed by atoms with Gasteiger partial charge in [0.2, 0.25) is 0 Å². The van der Waals surface area contributed by atoms with Gasteiger partial charge in [0.05, 0.1) is 6.10 Å². The van der Waals surface area contributed by atoms with E-state index in [0.717, 1.165) is 19.1 Å². The van der Waals surface area contributed by atoms with Gasteiger partial charge in [-0.15, -0.1) is 0 Å². The summed E-state index contributed by atoms with van der Waals surface area (Å²) in [7, 11) is 2.16. The fourth-order valence-electron chi connectivity index (χ4n) is 1.77. The van der Waals surface area contributed by atoms with Crippen molar-refractivity contribution in [2.45, 2.75) is 39.2 Å². The van der Waals surface area contributed by atoms with Gasteiger partial charge in [0.15, 0.2) is 0 Å². The molecule has 78 valence electrons. The molecule has 0 aromatic carbocycles. The molecule has 1 heterocycles. The molecule has 2 nitrogen and oxygen atoms in total. The average molecular weight is 185 g/mol. The number of likely N-dealkylation sites (tertiary alicyclic amines) is 1. The van der Waals surface area contributed by atoms with Crippen molar-refractivity contribution in [2.75, 3.05) is 26.7 Å². The van der Waals surface area contributed by atoms with Crippen molar-refractivity contribution in [3.63, 3.8) is 0 Å². The molecule has 1 atom stereocenters. The van der Waals surface area contributed by atoms with Crippen molar-refractivity contribution in [1.29, 1.82) is 0 Å².